The second-order valence-corrected chi connectivity index (χ2v) is 6.21. The number of nitrogen functional groups attached to an aromatic ring is 1. The lowest BCUT2D eigenvalue weighted by molar-refractivity contribution is -0.659. The average molecular weight is 355 g/mol. The van der Waals surface area contributed by atoms with Crippen LogP contribution in [0.15, 0.2) is 29.2 Å². The van der Waals surface area contributed by atoms with Gasteiger partial charge in [-0.1, -0.05) is 24.4 Å². The van der Waals surface area contributed by atoms with Crippen LogP contribution in [0.1, 0.15) is 42.6 Å². The highest BCUT2D eigenvalue weighted by atomic mass is 16.5. The molecule has 0 aliphatic heterocycles. The third kappa shape index (κ3) is 2.89. The Balaban J connectivity index is 2.42. The summed E-state index contributed by atoms with van der Waals surface area (Å²) in [6.45, 7) is 6.50. The number of nitrogens with zero attached hydrogens (tertiary/aromatic N) is 3. The third-order valence-corrected chi connectivity index (χ3v) is 4.41. The molecule has 0 radical (unpaired) electrons. The van der Waals surface area contributed by atoms with Crippen LogP contribution in [0.3, 0.4) is 0 Å². The SMILES string of the molecule is CCCC[n+]1c(N)c(C(=O)OCC)cc2c(=O)n3cccc(C)c3nc21. The lowest BCUT2D eigenvalue weighted by Gasteiger charge is -2.11. The van der Waals surface area contributed by atoms with Crippen LogP contribution < -0.4 is 15.9 Å². The number of hydrogen-bond acceptors (Lipinski definition) is 5. The predicted octanol–water partition coefficient (Wildman–Crippen LogP) is 2.00. The van der Waals surface area contributed by atoms with Crippen LogP contribution in [0.4, 0.5) is 5.82 Å². The van der Waals surface area contributed by atoms with Crippen molar-refractivity contribution in [2.24, 2.45) is 0 Å². The minimum absolute atomic E-state index is 0.196. The summed E-state index contributed by atoms with van der Waals surface area (Å²) in [5.74, 6) is -0.264. The molecule has 0 amide bonds. The van der Waals surface area contributed by atoms with Crippen LogP contribution >= 0.6 is 0 Å². The number of fused-ring (bicyclic) bond motifs is 2. The number of carbonyl (C=O) groups is 1. The molecule has 7 heteroatoms. The van der Waals surface area contributed by atoms with E-state index in [4.69, 9.17) is 15.5 Å². The number of rotatable bonds is 5. The molecular formula is C19H23N4O3+. The molecule has 0 unspecified atom stereocenters. The fraction of sp³-hybridized carbons (Fsp3) is 0.368. The van der Waals surface area contributed by atoms with Crippen molar-refractivity contribution in [2.45, 2.75) is 40.2 Å². The zero-order valence-electron chi connectivity index (χ0n) is 15.3. The fourth-order valence-electron chi connectivity index (χ4n) is 3.03. The Hall–Kier alpha value is -2.96. The normalized spacial score (nSPS) is 11.2. The zero-order chi connectivity index (χ0) is 18.8. The molecule has 0 aromatic carbocycles. The maximum Gasteiger partial charge on any atom is 0.344 e. The van der Waals surface area contributed by atoms with Crippen molar-refractivity contribution < 1.29 is 14.1 Å². The first-order valence-corrected chi connectivity index (χ1v) is 8.80. The van der Waals surface area contributed by atoms with Gasteiger partial charge in [-0.05, 0) is 32.4 Å². The van der Waals surface area contributed by atoms with Crippen molar-refractivity contribution >= 4 is 28.5 Å². The van der Waals surface area contributed by atoms with E-state index in [9.17, 15) is 9.59 Å². The number of carbonyl (C=O) groups excluding carboxylic acids is 1. The summed E-state index contributed by atoms with van der Waals surface area (Å²) >= 11 is 0. The van der Waals surface area contributed by atoms with Gasteiger partial charge in [0, 0.05) is 11.8 Å². The van der Waals surface area contributed by atoms with Gasteiger partial charge in [-0.2, -0.15) is 0 Å². The molecule has 2 N–H and O–H groups in total. The molecule has 0 aliphatic carbocycles. The van der Waals surface area contributed by atoms with Gasteiger partial charge in [0.25, 0.3) is 11.2 Å². The Morgan fingerprint density at radius 1 is 1.38 bits per heavy atom. The van der Waals surface area contributed by atoms with E-state index >= 15 is 0 Å². The van der Waals surface area contributed by atoms with Crippen LogP contribution in [0, 0.1) is 6.92 Å². The largest absolute Gasteiger partial charge is 0.462 e. The van der Waals surface area contributed by atoms with Crippen molar-refractivity contribution in [3.05, 3.63) is 45.9 Å². The van der Waals surface area contributed by atoms with Gasteiger partial charge in [0.15, 0.2) is 0 Å². The van der Waals surface area contributed by atoms with Crippen LogP contribution in [0.5, 0.6) is 0 Å². The van der Waals surface area contributed by atoms with Crippen molar-refractivity contribution in [2.75, 3.05) is 12.3 Å². The monoisotopic (exact) mass is 355 g/mol. The number of hydrogen-bond donors (Lipinski definition) is 1. The number of ether oxygens (including phenoxy) is 1. The van der Waals surface area contributed by atoms with Gasteiger partial charge >= 0.3 is 5.97 Å². The molecule has 0 bridgehead atoms. The second-order valence-electron chi connectivity index (χ2n) is 6.21. The smallest absolute Gasteiger partial charge is 0.344 e. The highest BCUT2D eigenvalue weighted by Crippen LogP contribution is 2.17. The molecule has 0 spiro atoms. The number of unbranched alkanes of at least 4 members (excludes halogenated alkanes) is 1. The Labute approximate surface area is 151 Å². The number of nitrogens with two attached hydrogens (primary N) is 1. The van der Waals surface area contributed by atoms with E-state index in [1.54, 1.807) is 23.8 Å². The fourth-order valence-corrected chi connectivity index (χ4v) is 3.03. The van der Waals surface area contributed by atoms with Crippen LogP contribution in [0.25, 0.3) is 16.7 Å². The van der Waals surface area contributed by atoms with Gasteiger partial charge in [-0.15, -0.1) is 0 Å². The van der Waals surface area contributed by atoms with E-state index in [0.29, 0.717) is 23.2 Å². The summed E-state index contributed by atoms with van der Waals surface area (Å²) < 4.78 is 8.34. The molecule has 0 saturated heterocycles. The van der Waals surface area contributed by atoms with Gasteiger partial charge in [0.2, 0.25) is 11.5 Å². The summed E-state index contributed by atoms with van der Waals surface area (Å²) in [7, 11) is 0. The highest BCUT2D eigenvalue weighted by Gasteiger charge is 2.25. The van der Waals surface area contributed by atoms with Crippen LogP contribution in [-0.4, -0.2) is 22.0 Å². The molecule has 0 aliphatic rings. The predicted molar refractivity (Wildman–Crippen MR) is 99.2 cm³/mol. The lowest BCUT2D eigenvalue weighted by atomic mass is 10.1. The van der Waals surface area contributed by atoms with Gasteiger partial charge in [0.05, 0.1) is 13.2 Å². The van der Waals surface area contributed by atoms with Gasteiger partial charge in [-0.3, -0.25) is 9.20 Å². The van der Waals surface area contributed by atoms with Gasteiger partial charge in [0.1, 0.15) is 10.9 Å². The van der Waals surface area contributed by atoms with Crippen molar-refractivity contribution in [3.63, 3.8) is 0 Å². The standard InChI is InChI=1S/C19H22N4O3/c1-4-6-9-22-15(20)13(19(25)26-5-2)11-14-17(22)21-16-12(3)8-7-10-23(16)18(14)24/h7-8,10-11,20H,4-6,9H2,1-3H3/p+1. The molecule has 0 fully saturated rings. The first-order valence-electron chi connectivity index (χ1n) is 8.80. The van der Waals surface area contributed by atoms with Crippen LogP contribution in [-0.2, 0) is 11.3 Å². The first kappa shape index (κ1) is 17.8. The summed E-state index contributed by atoms with van der Waals surface area (Å²) in [5.41, 5.74) is 8.19. The van der Waals surface area contributed by atoms with Crippen LogP contribution in [0.2, 0.25) is 0 Å². The molecule has 0 saturated carbocycles. The van der Waals surface area contributed by atoms with E-state index in [0.717, 1.165) is 18.4 Å². The molecule has 0 atom stereocenters. The highest BCUT2D eigenvalue weighted by molar-refractivity contribution is 5.96. The minimum atomic E-state index is -0.536. The van der Waals surface area contributed by atoms with Gasteiger partial charge in [-0.25, -0.2) is 9.36 Å². The zero-order valence-corrected chi connectivity index (χ0v) is 15.3. The summed E-state index contributed by atoms with van der Waals surface area (Å²) in [5, 5.41) is 0.349. The summed E-state index contributed by atoms with van der Waals surface area (Å²) in [6.07, 6.45) is 3.47. The number of pyridine rings is 2. The first-order chi connectivity index (χ1) is 12.5. The van der Waals surface area contributed by atoms with Crippen molar-refractivity contribution in [1.29, 1.82) is 0 Å². The average Bonchev–Trinajstić information content (AvgIpc) is 2.62. The van der Waals surface area contributed by atoms with E-state index in [1.165, 1.54) is 10.5 Å². The maximum absolute atomic E-state index is 13.0. The van der Waals surface area contributed by atoms with Gasteiger partial charge < -0.3 is 10.5 Å². The lowest BCUT2D eigenvalue weighted by Crippen LogP contribution is -2.42. The molecule has 7 nitrogen and oxygen atoms in total. The topological polar surface area (TPSA) is 90.6 Å². The summed E-state index contributed by atoms with van der Waals surface area (Å²) in [6, 6.07) is 5.20. The molecule has 3 heterocycles. The number of anilines is 1. The van der Waals surface area contributed by atoms with E-state index in [1.807, 2.05) is 13.0 Å². The Morgan fingerprint density at radius 2 is 2.15 bits per heavy atom. The van der Waals surface area contributed by atoms with Crippen molar-refractivity contribution in [3.8, 4) is 0 Å². The van der Waals surface area contributed by atoms with E-state index in [2.05, 4.69) is 6.92 Å². The molecule has 26 heavy (non-hydrogen) atoms. The molecule has 3 rings (SSSR count). The maximum atomic E-state index is 13.0. The quantitative estimate of drug-likeness (QED) is 0.429. The van der Waals surface area contributed by atoms with E-state index < -0.39 is 5.97 Å². The second kappa shape index (κ2) is 7.11. The van der Waals surface area contributed by atoms with E-state index in [-0.39, 0.29) is 23.5 Å². The Bertz CT molecular complexity index is 1060. The molecule has 136 valence electrons. The summed E-state index contributed by atoms with van der Waals surface area (Å²) in [4.78, 5) is 30.0. The molecule has 3 aromatic rings. The minimum Gasteiger partial charge on any atom is -0.462 e. The Morgan fingerprint density at radius 3 is 2.85 bits per heavy atom. The molecular weight excluding hydrogens is 332 g/mol. The number of esters is 1. The third-order valence-electron chi connectivity index (χ3n) is 4.41. The Kier molecular flexibility index (Phi) is 4.88. The number of aryl methyl sites for hydroxylation is 2. The number of aromatic nitrogens is 3. The van der Waals surface area contributed by atoms with Crippen molar-refractivity contribution in [1.82, 2.24) is 9.38 Å². The molecule has 3 aromatic heterocycles.